The summed E-state index contributed by atoms with van der Waals surface area (Å²) >= 11 is 0. The van der Waals surface area contributed by atoms with Crippen LogP contribution in [0.5, 0.6) is 0 Å². The van der Waals surface area contributed by atoms with Crippen molar-refractivity contribution in [2.75, 3.05) is 5.75 Å². The van der Waals surface area contributed by atoms with Crippen LogP contribution in [0.3, 0.4) is 0 Å². The van der Waals surface area contributed by atoms with Gasteiger partial charge in [-0.05, 0) is 30.9 Å². The molecule has 0 aliphatic carbocycles. The summed E-state index contributed by atoms with van der Waals surface area (Å²) in [5.41, 5.74) is 1.23. The summed E-state index contributed by atoms with van der Waals surface area (Å²) in [6.45, 7) is 0. The fourth-order valence-electron chi connectivity index (χ4n) is 1.30. The van der Waals surface area contributed by atoms with E-state index in [1.165, 1.54) is 5.56 Å². The number of H-pyrrole nitrogens is 1. The van der Waals surface area contributed by atoms with Crippen LogP contribution < -0.4 is 0 Å². The Kier molecular flexibility index (Phi) is 4.16. The highest BCUT2D eigenvalue weighted by Crippen LogP contribution is 2.05. The molecule has 0 spiro atoms. The molecular formula is C9H15NO3S. The lowest BCUT2D eigenvalue weighted by molar-refractivity contribution is 0.479. The van der Waals surface area contributed by atoms with E-state index in [-0.39, 0.29) is 5.75 Å². The van der Waals surface area contributed by atoms with Crippen molar-refractivity contribution in [2.45, 2.75) is 25.7 Å². The molecule has 5 heteroatoms. The SMILES string of the molecule is O=S(=O)(O)CCCCCc1cc[nH]c1. The van der Waals surface area contributed by atoms with Gasteiger partial charge in [-0.3, -0.25) is 4.55 Å². The summed E-state index contributed by atoms with van der Waals surface area (Å²) in [4.78, 5) is 2.96. The molecule has 0 aliphatic heterocycles. The van der Waals surface area contributed by atoms with E-state index in [0.717, 1.165) is 19.3 Å². The molecule has 0 unspecified atom stereocenters. The highest BCUT2D eigenvalue weighted by atomic mass is 32.2. The van der Waals surface area contributed by atoms with Crippen molar-refractivity contribution < 1.29 is 13.0 Å². The second-order valence-electron chi connectivity index (χ2n) is 3.32. The summed E-state index contributed by atoms with van der Waals surface area (Å²) in [5, 5.41) is 0. The number of unbranched alkanes of at least 4 members (excludes halogenated alkanes) is 2. The summed E-state index contributed by atoms with van der Waals surface area (Å²) in [6, 6.07) is 2.00. The van der Waals surface area contributed by atoms with Crippen molar-refractivity contribution in [3.05, 3.63) is 24.0 Å². The first-order valence-electron chi connectivity index (χ1n) is 4.65. The Labute approximate surface area is 84.1 Å². The number of aromatic nitrogens is 1. The third-order valence-corrected chi connectivity index (χ3v) is 2.83. The zero-order valence-corrected chi connectivity index (χ0v) is 8.76. The minimum atomic E-state index is -3.76. The van der Waals surface area contributed by atoms with Gasteiger partial charge in [0.1, 0.15) is 0 Å². The van der Waals surface area contributed by atoms with Crippen molar-refractivity contribution in [1.82, 2.24) is 4.98 Å². The quantitative estimate of drug-likeness (QED) is 0.562. The molecule has 80 valence electrons. The van der Waals surface area contributed by atoms with Crippen LogP contribution in [0.25, 0.3) is 0 Å². The molecule has 1 rings (SSSR count). The molecule has 0 amide bonds. The number of rotatable bonds is 6. The van der Waals surface area contributed by atoms with Crippen LogP contribution >= 0.6 is 0 Å². The maximum absolute atomic E-state index is 10.4. The first kappa shape index (κ1) is 11.3. The van der Waals surface area contributed by atoms with E-state index >= 15 is 0 Å². The summed E-state index contributed by atoms with van der Waals surface area (Å²) < 4.78 is 29.2. The van der Waals surface area contributed by atoms with Crippen molar-refractivity contribution in [2.24, 2.45) is 0 Å². The molecule has 0 saturated heterocycles. The molecule has 0 aromatic carbocycles. The summed E-state index contributed by atoms with van der Waals surface area (Å²) in [7, 11) is -3.76. The topological polar surface area (TPSA) is 70.2 Å². The largest absolute Gasteiger partial charge is 0.367 e. The van der Waals surface area contributed by atoms with Gasteiger partial charge in [0.2, 0.25) is 0 Å². The predicted octanol–water partition coefficient (Wildman–Crippen LogP) is 1.62. The molecule has 0 atom stereocenters. The van der Waals surface area contributed by atoms with E-state index in [2.05, 4.69) is 4.98 Å². The molecule has 0 saturated carbocycles. The molecule has 2 N–H and O–H groups in total. The predicted molar refractivity (Wildman–Crippen MR) is 54.8 cm³/mol. The van der Waals surface area contributed by atoms with Crippen LogP contribution in [0.4, 0.5) is 0 Å². The van der Waals surface area contributed by atoms with E-state index < -0.39 is 10.1 Å². The van der Waals surface area contributed by atoms with Crippen LogP contribution in [-0.2, 0) is 16.5 Å². The average molecular weight is 217 g/mol. The van der Waals surface area contributed by atoms with Crippen molar-refractivity contribution in [3.8, 4) is 0 Å². The number of aromatic amines is 1. The molecule has 4 nitrogen and oxygen atoms in total. The minimum Gasteiger partial charge on any atom is -0.367 e. The molecule has 0 bridgehead atoms. The Morgan fingerprint density at radius 1 is 1.29 bits per heavy atom. The van der Waals surface area contributed by atoms with Gasteiger partial charge < -0.3 is 4.98 Å². The lowest BCUT2D eigenvalue weighted by Gasteiger charge is -1.98. The Bertz CT molecular complexity index is 342. The van der Waals surface area contributed by atoms with Crippen LogP contribution in [0.1, 0.15) is 24.8 Å². The molecule has 14 heavy (non-hydrogen) atoms. The van der Waals surface area contributed by atoms with Crippen molar-refractivity contribution >= 4 is 10.1 Å². The van der Waals surface area contributed by atoms with Crippen LogP contribution in [0, 0.1) is 0 Å². The molecule has 1 aromatic heterocycles. The van der Waals surface area contributed by atoms with Gasteiger partial charge in [0.15, 0.2) is 0 Å². The smallest absolute Gasteiger partial charge is 0.264 e. The lowest BCUT2D eigenvalue weighted by atomic mass is 10.1. The Morgan fingerprint density at radius 3 is 2.64 bits per heavy atom. The molecule has 1 heterocycles. The van der Waals surface area contributed by atoms with Gasteiger partial charge in [-0.1, -0.05) is 6.42 Å². The Hall–Kier alpha value is -0.810. The number of hydrogen-bond acceptors (Lipinski definition) is 2. The van der Waals surface area contributed by atoms with Gasteiger partial charge in [-0.2, -0.15) is 8.42 Å². The molecular weight excluding hydrogens is 202 g/mol. The minimum absolute atomic E-state index is 0.125. The van der Waals surface area contributed by atoms with Crippen LogP contribution in [-0.4, -0.2) is 23.7 Å². The van der Waals surface area contributed by atoms with E-state index in [0.29, 0.717) is 6.42 Å². The summed E-state index contributed by atoms with van der Waals surface area (Å²) in [6.07, 6.45) is 7.06. The number of hydrogen-bond donors (Lipinski definition) is 2. The van der Waals surface area contributed by atoms with E-state index in [4.69, 9.17) is 4.55 Å². The summed E-state index contributed by atoms with van der Waals surface area (Å²) in [5.74, 6) is -0.125. The fourth-order valence-corrected chi connectivity index (χ4v) is 1.87. The van der Waals surface area contributed by atoms with Crippen molar-refractivity contribution in [3.63, 3.8) is 0 Å². The molecule has 0 fully saturated rings. The number of nitrogens with one attached hydrogen (secondary N) is 1. The van der Waals surface area contributed by atoms with Crippen LogP contribution in [0.2, 0.25) is 0 Å². The van der Waals surface area contributed by atoms with Gasteiger partial charge in [-0.25, -0.2) is 0 Å². The van der Waals surface area contributed by atoms with Gasteiger partial charge >= 0.3 is 0 Å². The second-order valence-corrected chi connectivity index (χ2v) is 4.89. The molecule has 1 aromatic rings. The maximum Gasteiger partial charge on any atom is 0.264 e. The van der Waals surface area contributed by atoms with Gasteiger partial charge in [0.05, 0.1) is 5.75 Å². The van der Waals surface area contributed by atoms with Gasteiger partial charge in [0, 0.05) is 12.4 Å². The first-order chi connectivity index (χ1) is 6.58. The fraction of sp³-hybridized carbons (Fsp3) is 0.556. The van der Waals surface area contributed by atoms with Gasteiger partial charge in [0.25, 0.3) is 10.1 Å². The highest BCUT2D eigenvalue weighted by Gasteiger charge is 2.03. The van der Waals surface area contributed by atoms with E-state index in [9.17, 15) is 8.42 Å². The third kappa shape index (κ3) is 5.04. The zero-order chi connectivity index (χ0) is 10.4. The Morgan fingerprint density at radius 2 is 2.07 bits per heavy atom. The van der Waals surface area contributed by atoms with Gasteiger partial charge in [-0.15, -0.1) is 0 Å². The number of aryl methyl sites for hydroxylation is 1. The molecule has 0 radical (unpaired) electrons. The Balaban J connectivity index is 2.06. The van der Waals surface area contributed by atoms with Crippen molar-refractivity contribution in [1.29, 1.82) is 0 Å². The normalized spacial score (nSPS) is 11.8. The monoisotopic (exact) mass is 217 g/mol. The lowest BCUT2D eigenvalue weighted by Crippen LogP contribution is -2.03. The highest BCUT2D eigenvalue weighted by molar-refractivity contribution is 7.85. The maximum atomic E-state index is 10.4. The first-order valence-corrected chi connectivity index (χ1v) is 6.26. The average Bonchev–Trinajstić information content (AvgIpc) is 2.54. The second kappa shape index (κ2) is 5.17. The van der Waals surface area contributed by atoms with Crippen LogP contribution in [0.15, 0.2) is 18.5 Å². The van der Waals surface area contributed by atoms with E-state index in [1.807, 2.05) is 18.5 Å². The third-order valence-electron chi connectivity index (χ3n) is 2.03. The molecule has 0 aliphatic rings. The van der Waals surface area contributed by atoms with E-state index in [1.54, 1.807) is 0 Å². The standard InChI is InChI=1S/C9H15NO3S/c11-14(12,13)7-3-1-2-4-9-5-6-10-8-9/h5-6,8,10H,1-4,7H2,(H,11,12,13). The zero-order valence-electron chi connectivity index (χ0n) is 7.94.